The van der Waals surface area contributed by atoms with Crippen molar-refractivity contribution in [2.24, 2.45) is 0 Å². The molecule has 0 atom stereocenters. The molecule has 0 aromatic heterocycles. The monoisotopic (exact) mass is 189 g/mol. The van der Waals surface area contributed by atoms with E-state index in [0.717, 1.165) is 6.08 Å². The Morgan fingerprint density at radius 3 is 2.43 bits per heavy atom. The van der Waals surface area contributed by atoms with Gasteiger partial charge in [-0.25, -0.2) is 4.39 Å². The molecule has 0 aliphatic heterocycles. The zero-order valence-corrected chi connectivity index (χ0v) is 7.62. The van der Waals surface area contributed by atoms with Gasteiger partial charge in [-0.05, 0) is 24.6 Å². The normalized spacial score (nSPS) is 10.8. The summed E-state index contributed by atoms with van der Waals surface area (Å²) in [7, 11) is 0. The lowest BCUT2D eigenvalue weighted by molar-refractivity contribution is -0.111. The van der Waals surface area contributed by atoms with Gasteiger partial charge in [0.25, 0.3) is 0 Å². The maximum absolute atomic E-state index is 12.6. The Kier molecular flexibility index (Phi) is 3.14. The Balaban J connectivity index is 3.14. The number of carbonyl (C=O) groups excluding carboxylic acids is 1. The lowest BCUT2D eigenvalue weighted by Gasteiger charge is -2.00. The third-order valence-electron chi connectivity index (χ3n) is 1.74. The summed E-state index contributed by atoms with van der Waals surface area (Å²) in [6.07, 6.45) is 1.16. The van der Waals surface area contributed by atoms with Crippen molar-refractivity contribution in [1.82, 2.24) is 0 Å². The van der Waals surface area contributed by atoms with Crippen LogP contribution in [0.5, 0.6) is 0 Å². The number of hydrogen-bond acceptors (Lipinski definition) is 2. The van der Waals surface area contributed by atoms with Gasteiger partial charge in [0.1, 0.15) is 5.82 Å². The first kappa shape index (κ1) is 10.1. The molecule has 0 bridgehead atoms. The molecule has 0 unspecified atom stereocenters. The second kappa shape index (κ2) is 4.33. The van der Waals surface area contributed by atoms with E-state index < -0.39 is 0 Å². The average molecular weight is 189 g/mol. The van der Waals surface area contributed by atoms with Crippen molar-refractivity contribution in [2.75, 3.05) is 0 Å². The molecule has 0 aliphatic rings. The molecule has 0 saturated carbocycles. The molecule has 1 rings (SSSR count). The number of ketones is 1. The number of nitriles is 1. The van der Waals surface area contributed by atoms with Crippen LogP contribution in [0.1, 0.15) is 12.5 Å². The third kappa shape index (κ3) is 2.27. The number of benzene rings is 1. The first-order valence-corrected chi connectivity index (χ1v) is 4.02. The van der Waals surface area contributed by atoms with E-state index in [9.17, 15) is 9.18 Å². The van der Waals surface area contributed by atoms with Crippen LogP contribution in [0.3, 0.4) is 0 Å². The van der Waals surface area contributed by atoms with Gasteiger partial charge in [-0.1, -0.05) is 12.1 Å². The molecule has 0 fully saturated rings. The predicted octanol–water partition coefficient (Wildman–Crippen LogP) is 2.32. The standard InChI is InChI=1S/C11H8FNO/c1-8(14)11(6-7-13)9-2-4-10(12)5-3-9/h2-6H,1H3. The van der Waals surface area contributed by atoms with Crippen LogP contribution in [0.2, 0.25) is 0 Å². The van der Waals surface area contributed by atoms with Gasteiger partial charge in [-0.2, -0.15) is 5.26 Å². The number of carbonyl (C=O) groups is 1. The van der Waals surface area contributed by atoms with Gasteiger partial charge >= 0.3 is 0 Å². The minimum atomic E-state index is -0.367. The molecule has 1 aromatic rings. The number of nitrogens with zero attached hydrogens (tertiary/aromatic N) is 1. The van der Waals surface area contributed by atoms with E-state index in [1.165, 1.54) is 31.2 Å². The lowest BCUT2D eigenvalue weighted by Crippen LogP contribution is -1.95. The number of rotatable bonds is 2. The van der Waals surface area contributed by atoms with E-state index >= 15 is 0 Å². The highest BCUT2D eigenvalue weighted by Crippen LogP contribution is 2.15. The molecule has 0 radical (unpaired) electrons. The van der Waals surface area contributed by atoms with E-state index in [2.05, 4.69) is 0 Å². The molecule has 0 spiro atoms. The lowest BCUT2D eigenvalue weighted by atomic mass is 10.0. The summed E-state index contributed by atoms with van der Waals surface area (Å²) in [4.78, 5) is 11.1. The van der Waals surface area contributed by atoms with Crippen molar-refractivity contribution in [1.29, 1.82) is 5.26 Å². The molecule has 14 heavy (non-hydrogen) atoms. The van der Waals surface area contributed by atoms with Gasteiger partial charge in [0.15, 0.2) is 5.78 Å². The van der Waals surface area contributed by atoms with Crippen LogP contribution >= 0.6 is 0 Å². The Morgan fingerprint density at radius 1 is 1.43 bits per heavy atom. The van der Waals surface area contributed by atoms with Crippen LogP contribution in [-0.2, 0) is 4.79 Å². The molecule has 0 aliphatic carbocycles. The van der Waals surface area contributed by atoms with Gasteiger partial charge in [0, 0.05) is 11.6 Å². The topological polar surface area (TPSA) is 40.9 Å². The summed E-state index contributed by atoms with van der Waals surface area (Å²) < 4.78 is 12.6. The Labute approximate surface area is 81.3 Å². The molecule has 0 saturated heterocycles. The summed E-state index contributed by atoms with van der Waals surface area (Å²) in [6.45, 7) is 1.37. The van der Waals surface area contributed by atoms with E-state index in [4.69, 9.17) is 5.26 Å². The largest absolute Gasteiger partial charge is 0.294 e. The summed E-state index contributed by atoms with van der Waals surface area (Å²) in [6, 6.07) is 7.24. The molecule has 0 heterocycles. The van der Waals surface area contributed by atoms with Crippen molar-refractivity contribution in [3.8, 4) is 6.07 Å². The number of hydrogen-bond donors (Lipinski definition) is 0. The molecule has 0 amide bonds. The molecular formula is C11H8FNO. The number of Topliss-reactive ketones (excluding diaryl/α,β-unsaturated/α-hetero) is 1. The van der Waals surface area contributed by atoms with Crippen LogP contribution in [0.15, 0.2) is 30.3 Å². The first-order valence-electron chi connectivity index (χ1n) is 4.02. The molecule has 1 aromatic carbocycles. The van der Waals surface area contributed by atoms with E-state index in [-0.39, 0.29) is 11.6 Å². The third-order valence-corrected chi connectivity index (χ3v) is 1.74. The van der Waals surface area contributed by atoms with Gasteiger partial charge in [0.2, 0.25) is 0 Å². The SMILES string of the molecule is CC(=O)C(=CC#N)c1ccc(F)cc1. The van der Waals surface area contributed by atoms with Crippen molar-refractivity contribution in [3.05, 3.63) is 41.7 Å². The van der Waals surface area contributed by atoms with Gasteiger partial charge in [0.05, 0.1) is 6.07 Å². The molecule has 0 N–H and O–H groups in total. The molecule has 3 heteroatoms. The van der Waals surface area contributed by atoms with Gasteiger partial charge in [-0.15, -0.1) is 0 Å². The second-order valence-electron chi connectivity index (χ2n) is 2.75. The average Bonchev–Trinajstić information content (AvgIpc) is 2.15. The summed E-state index contributed by atoms with van der Waals surface area (Å²) >= 11 is 0. The molecule has 2 nitrogen and oxygen atoms in total. The fraction of sp³-hybridized carbons (Fsp3) is 0.0909. The fourth-order valence-corrected chi connectivity index (χ4v) is 1.08. The summed E-state index contributed by atoms with van der Waals surface area (Å²) in [5.74, 6) is -0.577. The highest BCUT2D eigenvalue weighted by Gasteiger charge is 2.06. The van der Waals surface area contributed by atoms with Crippen LogP contribution in [-0.4, -0.2) is 5.78 Å². The maximum Gasteiger partial charge on any atom is 0.161 e. The first-order chi connectivity index (χ1) is 6.65. The zero-order chi connectivity index (χ0) is 10.6. The minimum absolute atomic E-state index is 0.210. The van der Waals surface area contributed by atoms with E-state index in [1.807, 2.05) is 0 Å². The fourth-order valence-electron chi connectivity index (χ4n) is 1.08. The van der Waals surface area contributed by atoms with Crippen molar-refractivity contribution in [3.63, 3.8) is 0 Å². The maximum atomic E-state index is 12.6. The Bertz CT molecular complexity index is 412. The van der Waals surface area contributed by atoms with Crippen LogP contribution in [0, 0.1) is 17.1 Å². The van der Waals surface area contributed by atoms with Crippen LogP contribution < -0.4 is 0 Å². The van der Waals surface area contributed by atoms with Gasteiger partial charge < -0.3 is 0 Å². The van der Waals surface area contributed by atoms with E-state index in [0.29, 0.717) is 11.1 Å². The van der Waals surface area contributed by atoms with Crippen molar-refractivity contribution >= 4 is 11.4 Å². The minimum Gasteiger partial charge on any atom is -0.294 e. The van der Waals surface area contributed by atoms with Crippen LogP contribution in [0.4, 0.5) is 4.39 Å². The molecular weight excluding hydrogens is 181 g/mol. The Morgan fingerprint density at radius 2 is 2.00 bits per heavy atom. The quantitative estimate of drug-likeness (QED) is 0.529. The van der Waals surface area contributed by atoms with Crippen molar-refractivity contribution in [2.45, 2.75) is 6.92 Å². The molecule has 70 valence electrons. The summed E-state index contributed by atoms with van der Waals surface area (Å²) in [5, 5.41) is 8.45. The van der Waals surface area contributed by atoms with Gasteiger partial charge in [-0.3, -0.25) is 4.79 Å². The van der Waals surface area contributed by atoms with Crippen LogP contribution in [0.25, 0.3) is 5.57 Å². The van der Waals surface area contributed by atoms with Crippen molar-refractivity contribution < 1.29 is 9.18 Å². The number of halogens is 1. The highest BCUT2D eigenvalue weighted by atomic mass is 19.1. The Hall–Kier alpha value is -1.95. The second-order valence-corrected chi connectivity index (χ2v) is 2.75. The summed E-state index contributed by atoms with van der Waals surface area (Å²) in [5.41, 5.74) is 0.855. The highest BCUT2D eigenvalue weighted by molar-refractivity contribution is 6.19. The van der Waals surface area contributed by atoms with E-state index in [1.54, 1.807) is 6.07 Å². The predicted molar refractivity (Wildman–Crippen MR) is 50.7 cm³/mol. The zero-order valence-electron chi connectivity index (χ0n) is 7.62. The smallest absolute Gasteiger partial charge is 0.161 e. The number of allylic oxidation sites excluding steroid dienone is 2.